The van der Waals surface area contributed by atoms with E-state index in [1.807, 2.05) is 36.4 Å². The van der Waals surface area contributed by atoms with E-state index in [2.05, 4.69) is 43.6 Å². The molecule has 2 aromatic heterocycles. The van der Waals surface area contributed by atoms with Gasteiger partial charge in [0, 0.05) is 52.3 Å². The van der Waals surface area contributed by atoms with Crippen molar-refractivity contribution < 1.29 is 32.6 Å². The summed E-state index contributed by atoms with van der Waals surface area (Å²) in [5.74, 6) is 3.22. The molecule has 48 heavy (non-hydrogen) atoms. The quantitative estimate of drug-likeness (QED) is 0.0860. The third-order valence-corrected chi connectivity index (χ3v) is 9.83. The second-order valence-electron chi connectivity index (χ2n) is 13.2. The maximum atomic E-state index is 12.4. The minimum Gasteiger partial charge on any atom is -0.494 e. The smallest absolute Gasteiger partial charge is 0.494 e. The Hall–Kier alpha value is -3.74. The minimum atomic E-state index is -2.39. The van der Waals surface area contributed by atoms with Crippen LogP contribution in [0.4, 0.5) is 11.6 Å². The fourth-order valence-corrected chi connectivity index (χ4v) is 7.33. The van der Waals surface area contributed by atoms with E-state index in [1.165, 1.54) is 0 Å². The molecule has 2 aromatic carbocycles. The summed E-state index contributed by atoms with van der Waals surface area (Å²) in [6.07, 6.45) is 7.13. The second kappa shape index (κ2) is 15.2. The summed E-state index contributed by atoms with van der Waals surface area (Å²) < 4.78 is 45.8. The maximum absolute atomic E-state index is 12.4. The topological polar surface area (TPSA) is 130 Å². The van der Waals surface area contributed by atoms with Crippen molar-refractivity contribution in [3.05, 3.63) is 49.1 Å². The fourth-order valence-electron chi connectivity index (χ4n) is 6.93. The van der Waals surface area contributed by atoms with Crippen LogP contribution in [0.1, 0.15) is 39.5 Å². The number of benzene rings is 2. The van der Waals surface area contributed by atoms with Crippen LogP contribution in [0.5, 0.6) is 11.5 Å². The average molecular weight is 680 g/mol. The Labute approximate surface area is 281 Å². The van der Waals surface area contributed by atoms with Gasteiger partial charge in [0.25, 0.3) is 0 Å². The highest BCUT2D eigenvalue weighted by atomic mass is 31.1. The lowest BCUT2D eigenvalue weighted by molar-refractivity contribution is -0.0545. The zero-order chi connectivity index (χ0) is 33.6. The van der Waals surface area contributed by atoms with Gasteiger partial charge >= 0.3 is 8.25 Å². The van der Waals surface area contributed by atoms with Gasteiger partial charge in [-0.05, 0) is 49.9 Å². The molecule has 2 aliphatic rings. The van der Waals surface area contributed by atoms with Crippen LogP contribution in [0.25, 0.3) is 21.8 Å². The van der Waals surface area contributed by atoms with Crippen LogP contribution in [-0.4, -0.2) is 87.1 Å². The Kier molecular flexibility index (Phi) is 10.8. The molecule has 2 saturated heterocycles. The van der Waals surface area contributed by atoms with E-state index in [4.69, 9.17) is 28.0 Å². The molecule has 4 heterocycles. The lowest BCUT2D eigenvalue weighted by Gasteiger charge is -2.41. The number of fused-ring (bicyclic) bond motifs is 2. The van der Waals surface area contributed by atoms with Crippen molar-refractivity contribution in [2.24, 2.45) is 10.8 Å². The van der Waals surface area contributed by atoms with Crippen molar-refractivity contribution >= 4 is 41.7 Å². The van der Waals surface area contributed by atoms with E-state index in [0.717, 1.165) is 96.8 Å². The lowest BCUT2D eigenvalue weighted by Crippen LogP contribution is -2.44. The van der Waals surface area contributed by atoms with Crippen LogP contribution < -0.4 is 19.3 Å². The van der Waals surface area contributed by atoms with E-state index >= 15 is 0 Å². The molecule has 256 valence electrons. The molecule has 2 fully saturated rings. The first-order valence-corrected chi connectivity index (χ1v) is 17.3. The van der Waals surface area contributed by atoms with E-state index in [-0.39, 0.29) is 24.4 Å². The zero-order valence-corrected chi connectivity index (χ0v) is 29.0. The Morgan fingerprint density at radius 2 is 1.17 bits per heavy atom. The van der Waals surface area contributed by atoms with E-state index in [1.54, 1.807) is 26.9 Å². The van der Waals surface area contributed by atoms with Crippen LogP contribution in [-0.2, 0) is 23.1 Å². The van der Waals surface area contributed by atoms with Crippen LogP contribution in [0.15, 0.2) is 49.1 Å². The first-order valence-electron chi connectivity index (χ1n) is 16.3. The van der Waals surface area contributed by atoms with Gasteiger partial charge in [-0.1, -0.05) is 35.0 Å². The fraction of sp³-hybridized carbons (Fsp3) is 0.529. The Morgan fingerprint density at radius 3 is 1.60 bits per heavy atom. The number of nitrogens with zero attached hydrogens (tertiary/aromatic N) is 6. The summed E-state index contributed by atoms with van der Waals surface area (Å²) in [7, 11) is 0.902. The highest BCUT2D eigenvalue weighted by Gasteiger charge is 2.35. The molecule has 0 spiro atoms. The summed E-state index contributed by atoms with van der Waals surface area (Å²) in [5.41, 5.74) is 1.31. The molecule has 2 atom stereocenters. The number of hydrogen-bond donors (Lipinski definition) is 0. The minimum absolute atomic E-state index is 0.136. The van der Waals surface area contributed by atoms with E-state index in [9.17, 15) is 4.57 Å². The van der Waals surface area contributed by atoms with Crippen molar-refractivity contribution in [2.45, 2.75) is 39.5 Å². The van der Waals surface area contributed by atoms with Crippen molar-refractivity contribution in [2.75, 3.05) is 77.0 Å². The first kappa shape index (κ1) is 34.1. The molecular formula is C34H44N6O7P+. The van der Waals surface area contributed by atoms with E-state index < -0.39 is 8.25 Å². The third kappa shape index (κ3) is 7.76. The summed E-state index contributed by atoms with van der Waals surface area (Å²) in [5, 5.41) is 1.91. The first-order chi connectivity index (χ1) is 23.3. The van der Waals surface area contributed by atoms with E-state index in [0.29, 0.717) is 13.2 Å². The number of ether oxygens (including phenoxy) is 4. The number of aromatic nitrogens is 4. The van der Waals surface area contributed by atoms with Gasteiger partial charge in [0.1, 0.15) is 46.8 Å². The van der Waals surface area contributed by atoms with Gasteiger partial charge < -0.3 is 28.7 Å². The van der Waals surface area contributed by atoms with Gasteiger partial charge in [-0.3, -0.25) is 0 Å². The predicted octanol–water partition coefficient (Wildman–Crippen LogP) is 6.14. The summed E-state index contributed by atoms with van der Waals surface area (Å²) >= 11 is 0. The monoisotopic (exact) mass is 679 g/mol. The molecule has 0 bridgehead atoms. The molecule has 0 amide bonds. The van der Waals surface area contributed by atoms with Crippen LogP contribution in [0.3, 0.4) is 0 Å². The molecule has 14 heteroatoms. The predicted molar refractivity (Wildman–Crippen MR) is 183 cm³/mol. The number of hydrogen-bond acceptors (Lipinski definition) is 13. The van der Waals surface area contributed by atoms with Gasteiger partial charge in [0.2, 0.25) is 13.6 Å². The Morgan fingerprint density at radius 1 is 0.708 bits per heavy atom. The number of piperidine rings is 2. The standard InChI is InChI=1S/C34H44N6O7P/c1-33(13-7-15-39(17-33)31-25-9-5-11-27(42-3)29(25)35-21-37-31)19-44-23-46-48(41)47-24-45-20-34(2)14-8-16-40(18-34)32-26-10-6-12-28(43-4)30(26)36-22-38-32/h5-6,9-12,21-22H,7-8,13-20,23-24H2,1-4H3/q+1/t33-,34-/m1/s1. The highest BCUT2D eigenvalue weighted by Crippen LogP contribution is 2.38. The molecule has 0 aliphatic carbocycles. The third-order valence-electron chi connectivity index (χ3n) is 9.20. The van der Waals surface area contributed by atoms with Crippen molar-refractivity contribution in [1.82, 2.24) is 19.9 Å². The molecule has 0 radical (unpaired) electrons. The molecular weight excluding hydrogens is 635 g/mol. The Balaban J connectivity index is 0.930. The number of rotatable bonds is 14. The highest BCUT2D eigenvalue weighted by molar-refractivity contribution is 7.33. The van der Waals surface area contributed by atoms with Crippen LogP contribution in [0.2, 0.25) is 0 Å². The summed E-state index contributed by atoms with van der Waals surface area (Å²) in [4.78, 5) is 22.7. The maximum Gasteiger partial charge on any atom is 0.702 e. The van der Waals surface area contributed by atoms with Crippen LogP contribution in [0, 0.1) is 10.8 Å². The van der Waals surface area contributed by atoms with Gasteiger partial charge in [0.05, 0.1) is 27.4 Å². The summed E-state index contributed by atoms with van der Waals surface area (Å²) in [6, 6.07) is 11.8. The van der Waals surface area contributed by atoms with Gasteiger partial charge in [-0.2, -0.15) is 0 Å². The van der Waals surface area contributed by atoms with Crippen molar-refractivity contribution in [3.63, 3.8) is 0 Å². The molecule has 2 aliphatic heterocycles. The summed E-state index contributed by atoms with van der Waals surface area (Å²) in [6.45, 7) is 8.27. The molecule has 0 saturated carbocycles. The zero-order valence-electron chi connectivity index (χ0n) is 28.1. The molecule has 13 nitrogen and oxygen atoms in total. The molecule has 0 unspecified atom stereocenters. The Bertz CT molecular complexity index is 1610. The molecule has 4 aromatic rings. The van der Waals surface area contributed by atoms with Gasteiger partial charge in [-0.15, -0.1) is 0 Å². The molecule has 0 N–H and O–H groups in total. The normalized spacial score (nSPS) is 21.5. The average Bonchev–Trinajstić information content (AvgIpc) is 3.11. The molecule has 6 rings (SSSR count). The number of para-hydroxylation sites is 2. The SMILES string of the molecule is COc1cccc2c(N3CCC[C@@](C)(COCO[P+](=O)OCOC[C@]4(C)CCCN(c5ncnc6c(OC)cccc56)C4)C3)ncnc12. The van der Waals surface area contributed by atoms with Crippen molar-refractivity contribution in [1.29, 1.82) is 0 Å². The second-order valence-corrected chi connectivity index (χ2v) is 14.2. The largest absolute Gasteiger partial charge is 0.702 e. The van der Waals surface area contributed by atoms with Crippen LogP contribution >= 0.6 is 8.25 Å². The number of anilines is 2. The van der Waals surface area contributed by atoms with Crippen molar-refractivity contribution in [3.8, 4) is 11.5 Å². The van der Waals surface area contributed by atoms with Gasteiger partial charge in [0.15, 0.2) is 0 Å². The lowest BCUT2D eigenvalue weighted by atomic mass is 9.82. The number of methoxy groups -OCH3 is 2. The van der Waals surface area contributed by atoms with Gasteiger partial charge in [-0.25, -0.2) is 19.9 Å².